The molecule has 0 saturated heterocycles. The number of aryl methyl sites for hydroxylation is 1. The largest absolute Gasteiger partial charge is 0.216 e. The molecule has 0 atom stereocenters. The predicted octanol–water partition coefficient (Wildman–Crippen LogP) is 1.49. The van der Waals surface area contributed by atoms with Crippen molar-refractivity contribution < 1.29 is 12.8 Å². The van der Waals surface area contributed by atoms with Crippen LogP contribution in [0.5, 0.6) is 0 Å². The Balaban J connectivity index is 3.15. The molecular formula is C10H9FO2S. The van der Waals surface area contributed by atoms with Crippen LogP contribution in [-0.2, 0) is 9.84 Å². The lowest BCUT2D eigenvalue weighted by Gasteiger charge is -1.96. The van der Waals surface area contributed by atoms with Crippen LogP contribution in [0.4, 0.5) is 4.39 Å². The first kappa shape index (κ1) is 10.7. The maximum Gasteiger partial charge on any atom is 0.214 e. The number of hydrogen-bond acceptors (Lipinski definition) is 2. The summed E-state index contributed by atoms with van der Waals surface area (Å²) < 4.78 is 34.1. The van der Waals surface area contributed by atoms with Crippen molar-refractivity contribution in [2.75, 3.05) is 6.26 Å². The maximum absolute atomic E-state index is 12.7. The van der Waals surface area contributed by atoms with Crippen LogP contribution in [0.3, 0.4) is 0 Å². The first-order valence-corrected chi connectivity index (χ1v) is 5.76. The average Bonchev–Trinajstić information content (AvgIpc) is 2.00. The SMILES string of the molecule is Cc1cc(F)ccc1C#CS(C)(=O)=O. The standard InChI is InChI=1S/C10H9FO2S/c1-8-7-10(11)4-3-9(8)5-6-14(2,12)13/h3-4,7H,1-2H3. The number of halogens is 1. The molecule has 0 fully saturated rings. The third-order valence-electron chi connectivity index (χ3n) is 1.56. The van der Waals surface area contributed by atoms with Crippen molar-refractivity contribution in [3.05, 3.63) is 35.1 Å². The normalized spacial score (nSPS) is 10.5. The molecular weight excluding hydrogens is 203 g/mol. The number of hydrogen-bond donors (Lipinski definition) is 0. The fourth-order valence-electron chi connectivity index (χ4n) is 0.915. The number of sulfone groups is 1. The third kappa shape index (κ3) is 3.19. The number of rotatable bonds is 0. The fourth-order valence-corrected chi connectivity index (χ4v) is 1.21. The van der Waals surface area contributed by atoms with Crippen molar-refractivity contribution in [2.45, 2.75) is 6.92 Å². The molecule has 74 valence electrons. The van der Waals surface area contributed by atoms with Crippen molar-refractivity contribution >= 4 is 9.84 Å². The fraction of sp³-hybridized carbons (Fsp3) is 0.200. The molecule has 1 rings (SSSR count). The van der Waals surface area contributed by atoms with E-state index in [4.69, 9.17) is 0 Å². The van der Waals surface area contributed by atoms with Crippen molar-refractivity contribution in [1.82, 2.24) is 0 Å². The van der Waals surface area contributed by atoms with Crippen molar-refractivity contribution in [3.8, 4) is 11.2 Å². The zero-order valence-electron chi connectivity index (χ0n) is 7.83. The first-order valence-electron chi connectivity index (χ1n) is 3.87. The molecule has 0 aliphatic carbocycles. The molecule has 14 heavy (non-hydrogen) atoms. The Bertz CT molecular complexity index is 507. The molecule has 0 aromatic heterocycles. The molecule has 0 unspecified atom stereocenters. The molecule has 0 bridgehead atoms. The highest BCUT2D eigenvalue weighted by atomic mass is 32.2. The van der Waals surface area contributed by atoms with Gasteiger partial charge in [-0.05, 0) is 36.6 Å². The minimum Gasteiger partial charge on any atom is -0.216 e. The van der Waals surface area contributed by atoms with Gasteiger partial charge in [-0.2, -0.15) is 0 Å². The molecule has 0 N–H and O–H groups in total. The van der Waals surface area contributed by atoms with Crippen LogP contribution in [-0.4, -0.2) is 14.7 Å². The minimum atomic E-state index is -3.30. The van der Waals surface area contributed by atoms with E-state index in [0.29, 0.717) is 11.1 Å². The quantitative estimate of drug-likeness (QED) is 0.610. The Hall–Kier alpha value is -1.34. The van der Waals surface area contributed by atoms with E-state index in [9.17, 15) is 12.8 Å². The summed E-state index contributed by atoms with van der Waals surface area (Å²) in [4.78, 5) is 0. The number of benzene rings is 1. The Kier molecular flexibility index (Phi) is 2.92. The minimum absolute atomic E-state index is 0.354. The van der Waals surface area contributed by atoms with Gasteiger partial charge in [-0.25, -0.2) is 12.8 Å². The van der Waals surface area contributed by atoms with Gasteiger partial charge in [0.05, 0.1) is 6.26 Å². The van der Waals surface area contributed by atoms with Gasteiger partial charge in [0.1, 0.15) is 5.82 Å². The van der Waals surface area contributed by atoms with Crippen LogP contribution in [0.2, 0.25) is 0 Å². The predicted molar refractivity (Wildman–Crippen MR) is 52.9 cm³/mol. The summed E-state index contributed by atoms with van der Waals surface area (Å²) in [6.07, 6.45) is 1.03. The molecule has 0 aliphatic heterocycles. The highest BCUT2D eigenvalue weighted by molar-refractivity contribution is 7.95. The topological polar surface area (TPSA) is 34.1 Å². The molecule has 0 saturated carbocycles. The molecule has 1 aromatic carbocycles. The Morgan fingerprint density at radius 1 is 1.36 bits per heavy atom. The van der Waals surface area contributed by atoms with Gasteiger partial charge >= 0.3 is 0 Å². The first-order chi connectivity index (χ1) is 6.38. The molecule has 0 spiro atoms. The highest BCUT2D eigenvalue weighted by Gasteiger charge is 1.97. The van der Waals surface area contributed by atoms with Crippen molar-refractivity contribution in [2.24, 2.45) is 0 Å². The molecule has 0 amide bonds. The van der Waals surface area contributed by atoms with E-state index in [0.717, 1.165) is 6.26 Å². The van der Waals surface area contributed by atoms with E-state index in [2.05, 4.69) is 11.2 Å². The Morgan fingerprint density at radius 2 is 2.00 bits per heavy atom. The summed E-state index contributed by atoms with van der Waals surface area (Å²) >= 11 is 0. The molecule has 1 aromatic rings. The van der Waals surface area contributed by atoms with E-state index >= 15 is 0 Å². The summed E-state index contributed by atoms with van der Waals surface area (Å²) in [7, 11) is -3.30. The lowest BCUT2D eigenvalue weighted by atomic mass is 10.1. The Labute approximate surface area is 82.7 Å². The van der Waals surface area contributed by atoms with Gasteiger partial charge in [0.15, 0.2) is 0 Å². The second-order valence-corrected chi connectivity index (χ2v) is 4.71. The van der Waals surface area contributed by atoms with Gasteiger partial charge in [0.25, 0.3) is 0 Å². The zero-order chi connectivity index (χ0) is 10.8. The van der Waals surface area contributed by atoms with E-state index in [-0.39, 0.29) is 5.82 Å². The van der Waals surface area contributed by atoms with Crippen LogP contribution in [0.15, 0.2) is 18.2 Å². The van der Waals surface area contributed by atoms with Gasteiger partial charge in [-0.1, -0.05) is 0 Å². The second-order valence-electron chi connectivity index (χ2n) is 2.96. The van der Waals surface area contributed by atoms with Gasteiger partial charge < -0.3 is 0 Å². The molecule has 2 nitrogen and oxygen atoms in total. The van der Waals surface area contributed by atoms with Crippen molar-refractivity contribution in [3.63, 3.8) is 0 Å². The average molecular weight is 212 g/mol. The zero-order valence-corrected chi connectivity index (χ0v) is 8.65. The van der Waals surface area contributed by atoms with Gasteiger partial charge in [-0.3, -0.25) is 0 Å². The van der Waals surface area contributed by atoms with Crippen LogP contribution < -0.4 is 0 Å². The lowest BCUT2D eigenvalue weighted by Crippen LogP contribution is -1.90. The Morgan fingerprint density at radius 3 is 2.50 bits per heavy atom. The molecule has 0 heterocycles. The van der Waals surface area contributed by atoms with Crippen LogP contribution >= 0.6 is 0 Å². The van der Waals surface area contributed by atoms with Gasteiger partial charge in [0, 0.05) is 10.8 Å². The summed E-state index contributed by atoms with van der Waals surface area (Å²) in [6, 6.07) is 4.02. The van der Waals surface area contributed by atoms with E-state index < -0.39 is 9.84 Å². The van der Waals surface area contributed by atoms with E-state index in [1.807, 2.05) is 0 Å². The van der Waals surface area contributed by atoms with Crippen LogP contribution in [0.25, 0.3) is 0 Å². The van der Waals surface area contributed by atoms with E-state index in [1.54, 1.807) is 6.92 Å². The van der Waals surface area contributed by atoms with E-state index in [1.165, 1.54) is 18.2 Å². The second kappa shape index (κ2) is 3.81. The van der Waals surface area contributed by atoms with Gasteiger partial charge in [0.2, 0.25) is 9.84 Å². The van der Waals surface area contributed by atoms with Crippen molar-refractivity contribution in [1.29, 1.82) is 0 Å². The summed E-state index contributed by atoms with van der Waals surface area (Å²) in [5, 5.41) is 2.10. The summed E-state index contributed by atoms with van der Waals surface area (Å²) in [5.74, 6) is 2.12. The maximum atomic E-state index is 12.7. The third-order valence-corrected chi connectivity index (χ3v) is 2.03. The summed E-state index contributed by atoms with van der Waals surface area (Å²) in [6.45, 7) is 1.68. The molecule has 0 aliphatic rings. The molecule has 4 heteroatoms. The monoisotopic (exact) mass is 212 g/mol. The van der Waals surface area contributed by atoms with Crippen LogP contribution in [0.1, 0.15) is 11.1 Å². The lowest BCUT2D eigenvalue weighted by molar-refractivity contribution is 0.611. The van der Waals surface area contributed by atoms with Gasteiger partial charge in [-0.15, -0.1) is 0 Å². The highest BCUT2D eigenvalue weighted by Crippen LogP contribution is 2.08. The van der Waals surface area contributed by atoms with Crippen LogP contribution in [0, 0.1) is 23.9 Å². The summed E-state index contributed by atoms with van der Waals surface area (Å²) in [5.41, 5.74) is 1.15. The smallest absolute Gasteiger partial charge is 0.214 e. The molecule has 0 radical (unpaired) electrons.